The van der Waals surface area contributed by atoms with Crippen LogP contribution in [-0.2, 0) is 5.75 Å². The summed E-state index contributed by atoms with van der Waals surface area (Å²) in [5, 5.41) is 1.00. The molecule has 7 heteroatoms. The van der Waals surface area contributed by atoms with Gasteiger partial charge in [0.25, 0.3) is 5.56 Å². The molecule has 2 heterocycles. The van der Waals surface area contributed by atoms with Crippen LogP contribution in [0.25, 0.3) is 10.9 Å². The van der Waals surface area contributed by atoms with E-state index in [0.29, 0.717) is 33.3 Å². The Balaban J connectivity index is 1.95. The van der Waals surface area contributed by atoms with Gasteiger partial charge in [-0.15, -0.1) is 0 Å². The summed E-state index contributed by atoms with van der Waals surface area (Å²) >= 11 is 1.42. The number of aromatic nitrogens is 3. The van der Waals surface area contributed by atoms with Crippen molar-refractivity contribution < 1.29 is 9.47 Å². The molecule has 0 amide bonds. The maximum atomic E-state index is 12.3. The minimum atomic E-state index is -0.209. The number of methoxy groups -OCH3 is 2. The molecular formula is C16H15N3O3S. The number of hydrogen-bond acceptors (Lipinski definition) is 6. The third kappa shape index (κ3) is 3.29. The van der Waals surface area contributed by atoms with Crippen molar-refractivity contribution in [1.82, 2.24) is 15.0 Å². The van der Waals surface area contributed by atoms with Gasteiger partial charge in [0.05, 0.1) is 30.8 Å². The van der Waals surface area contributed by atoms with E-state index in [9.17, 15) is 4.79 Å². The highest BCUT2D eigenvalue weighted by Gasteiger charge is 2.11. The number of nitrogens with one attached hydrogen (secondary N) is 1. The van der Waals surface area contributed by atoms with E-state index >= 15 is 0 Å². The zero-order valence-corrected chi connectivity index (χ0v) is 13.5. The molecule has 6 nitrogen and oxygen atoms in total. The highest BCUT2D eigenvalue weighted by Crippen LogP contribution is 2.30. The number of rotatable bonds is 5. The Morgan fingerprint density at radius 1 is 1.17 bits per heavy atom. The minimum absolute atomic E-state index is 0.209. The summed E-state index contributed by atoms with van der Waals surface area (Å²) in [5.74, 6) is 1.67. The van der Waals surface area contributed by atoms with Crippen LogP contribution in [0.4, 0.5) is 0 Å². The molecule has 0 unspecified atom stereocenters. The van der Waals surface area contributed by atoms with Gasteiger partial charge in [0.2, 0.25) is 0 Å². The second-order valence-corrected chi connectivity index (χ2v) is 5.67. The van der Waals surface area contributed by atoms with Crippen LogP contribution >= 0.6 is 11.8 Å². The number of hydrogen-bond donors (Lipinski definition) is 1. The van der Waals surface area contributed by atoms with Crippen LogP contribution in [0.2, 0.25) is 0 Å². The van der Waals surface area contributed by atoms with Crippen LogP contribution in [0.15, 0.2) is 46.5 Å². The van der Waals surface area contributed by atoms with E-state index < -0.39 is 0 Å². The second-order valence-electron chi connectivity index (χ2n) is 4.71. The van der Waals surface area contributed by atoms with Crippen LogP contribution < -0.4 is 15.0 Å². The quantitative estimate of drug-likeness (QED) is 0.573. The number of benzene rings is 1. The van der Waals surface area contributed by atoms with E-state index in [2.05, 4.69) is 15.0 Å². The van der Waals surface area contributed by atoms with Crippen LogP contribution in [-0.4, -0.2) is 29.2 Å². The van der Waals surface area contributed by atoms with Crippen LogP contribution in [0, 0.1) is 0 Å². The summed E-state index contributed by atoms with van der Waals surface area (Å²) in [5.41, 5.74) is 1.28. The van der Waals surface area contributed by atoms with Crippen molar-refractivity contribution >= 4 is 22.7 Å². The lowest BCUT2D eigenvalue weighted by Gasteiger charge is -2.09. The molecule has 0 radical (unpaired) electrons. The van der Waals surface area contributed by atoms with Crippen LogP contribution in [0.1, 0.15) is 5.69 Å². The van der Waals surface area contributed by atoms with Crippen molar-refractivity contribution in [1.29, 1.82) is 0 Å². The molecule has 2 aromatic heterocycles. The monoisotopic (exact) mass is 329 g/mol. The Hall–Kier alpha value is -2.54. The first-order valence-corrected chi connectivity index (χ1v) is 7.88. The predicted octanol–water partition coefficient (Wildman–Crippen LogP) is 2.63. The van der Waals surface area contributed by atoms with E-state index in [4.69, 9.17) is 9.47 Å². The molecule has 3 aromatic rings. The van der Waals surface area contributed by atoms with Gasteiger partial charge in [-0.3, -0.25) is 9.78 Å². The lowest BCUT2D eigenvalue weighted by Crippen LogP contribution is -2.09. The Labute approximate surface area is 136 Å². The summed E-state index contributed by atoms with van der Waals surface area (Å²) in [4.78, 5) is 23.8. The van der Waals surface area contributed by atoms with Gasteiger partial charge in [-0.2, -0.15) is 0 Å². The normalized spacial score (nSPS) is 10.7. The van der Waals surface area contributed by atoms with Crippen molar-refractivity contribution in [2.45, 2.75) is 10.9 Å². The molecule has 3 rings (SSSR count). The molecule has 23 heavy (non-hydrogen) atoms. The van der Waals surface area contributed by atoms with Crippen molar-refractivity contribution in [2.24, 2.45) is 0 Å². The summed E-state index contributed by atoms with van der Waals surface area (Å²) in [6, 6.07) is 9.06. The Bertz CT molecular complexity index is 881. The topological polar surface area (TPSA) is 77.1 Å². The molecule has 0 fully saturated rings. The van der Waals surface area contributed by atoms with E-state index in [1.54, 1.807) is 25.4 Å². The number of nitrogens with zero attached hydrogens (tertiary/aromatic N) is 2. The minimum Gasteiger partial charge on any atom is -0.493 e. The Morgan fingerprint density at radius 2 is 1.96 bits per heavy atom. The van der Waals surface area contributed by atoms with Gasteiger partial charge >= 0.3 is 0 Å². The largest absolute Gasteiger partial charge is 0.493 e. The number of ether oxygens (including phenoxy) is 2. The van der Waals surface area contributed by atoms with E-state index in [-0.39, 0.29) is 5.56 Å². The average molecular weight is 329 g/mol. The van der Waals surface area contributed by atoms with E-state index in [1.165, 1.54) is 18.9 Å². The van der Waals surface area contributed by atoms with Crippen molar-refractivity contribution in [2.75, 3.05) is 14.2 Å². The predicted molar refractivity (Wildman–Crippen MR) is 89.3 cm³/mol. The van der Waals surface area contributed by atoms with E-state index in [1.807, 2.05) is 18.2 Å². The molecule has 0 aliphatic rings. The summed E-state index contributed by atoms with van der Waals surface area (Å²) in [6.45, 7) is 0. The summed E-state index contributed by atoms with van der Waals surface area (Å²) < 4.78 is 10.5. The number of thioether (sulfide) groups is 1. The van der Waals surface area contributed by atoms with Crippen molar-refractivity contribution in [3.8, 4) is 11.5 Å². The highest BCUT2D eigenvalue weighted by molar-refractivity contribution is 7.98. The number of H-pyrrole nitrogens is 1. The Kier molecular flexibility index (Phi) is 4.47. The van der Waals surface area contributed by atoms with Gasteiger partial charge in [-0.25, -0.2) is 4.98 Å². The maximum Gasteiger partial charge on any atom is 0.259 e. The Morgan fingerprint density at radius 3 is 2.65 bits per heavy atom. The van der Waals surface area contributed by atoms with Gasteiger partial charge in [-0.05, 0) is 18.2 Å². The van der Waals surface area contributed by atoms with Gasteiger partial charge in [0.1, 0.15) is 0 Å². The number of fused-ring (bicyclic) bond motifs is 1. The fourth-order valence-corrected chi connectivity index (χ4v) is 2.92. The first-order chi connectivity index (χ1) is 11.2. The average Bonchev–Trinajstić information content (AvgIpc) is 2.59. The van der Waals surface area contributed by atoms with Gasteiger partial charge < -0.3 is 14.5 Å². The number of aromatic amines is 1. The van der Waals surface area contributed by atoms with Crippen molar-refractivity contribution in [3.63, 3.8) is 0 Å². The third-order valence-corrected chi connectivity index (χ3v) is 4.18. The zero-order valence-electron chi connectivity index (χ0n) is 12.7. The van der Waals surface area contributed by atoms with Gasteiger partial charge in [-0.1, -0.05) is 17.8 Å². The highest BCUT2D eigenvalue weighted by atomic mass is 32.2. The van der Waals surface area contributed by atoms with Gasteiger partial charge in [0, 0.05) is 18.0 Å². The molecule has 0 spiro atoms. The molecule has 0 aliphatic carbocycles. The molecular weight excluding hydrogens is 314 g/mol. The second kappa shape index (κ2) is 6.70. The smallest absolute Gasteiger partial charge is 0.259 e. The molecule has 1 N–H and O–H groups in total. The third-order valence-electron chi connectivity index (χ3n) is 3.27. The van der Waals surface area contributed by atoms with Crippen LogP contribution in [0.3, 0.4) is 0 Å². The van der Waals surface area contributed by atoms with Gasteiger partial charge in [0.15, 0.2) is 16.7 Å². The summed E-state index contributed by atoms with van der Waals surface area (Å²) in [7, 11) is 3.08. The first-order valence-electron chi connectivity index (χ1n) is 6.90. The molecule has 0 bridgehead atoms. The SMILES string of the molecule is COc1cc2nc(SCc3ccccn3)[nH]c(=O)c2cc1OC. The fourth-order valence-electron chi connectivity index (χ4n) is 2.14. The zero-order chi connectivity index (χ0) is 16.2. The number of pyridine rings is 1. The molecule has 0 saturated heterocycles. The van der Waals surface area contributed by atoms with Crippen LogP contribution in [0.5, 0.6) is 11.5 Å². The fraction of sp³-hybridized carbons (Fsp3) is 0.188. The maximum absolute atomic E-state index is 12.3. The molecule has 1 aromatic carbocycles. The molecule has 0 saturated carbocycles. The van der Waals surface area contributed by atoms with Crippen molar-refractivity contribution in [3.05, 3.63) is 52.6 Å². The lowest BCUT2D eigenvalue weighted by molar-refractivity contribution is 0.355. The molecule has 118 valence electrons. The standard InChI is InChI=1S/C16H15N3O3S/c1-21-13-7-11-12(8-14(13)22-2)18-16(19-15(11)20)23-9-10-5-3-4-6-17-10/h3-8H,9H2,1-2H3,(H,18,19,20). The lowest BCUT2D eigenvalue weighted by atomic mass is 10.2. The summed E-state index contributed by atoms with van der Waals surface area (Å²) in [6.07, 6.45) is 1.74. The van der Waals surface area contributed by atoms with E-state index in [0.717, 1.165) is 5.69 Å². The first kappa shape index (κ1) is 15.4. The molecule has 0 aliphatic heterocycles. The molecule has 0 atom stereocenters.